The Labute approximate surface area is 95.6 Å². The quantitative estimate of drug-likeness (QED) is 0.708. The second kappa shape index (κ2) is 4.72. The smallest absolute Gasteiger partial charge is 0.314 e. The molecular weight excluding hydrogens is 206 g/mol. The summed E-state index contributed by atoms with van der Waals surface area (Å²) >= 11 is 0. The first kappa shape index (κ1) is 11.2. The summed E-state index contributed by atoms with van der Waals surface area (Å²) in [6.07, 6.45) is 4.68. The zero-order valence-corrected chi connectivity index (χ0v) is 9.52. The molecule has 2 fully saturated rings. The topological polar surface area (TPSA) is 66.6 Å². The molecule has 0 bridgehead atoms. The van der Waals surface area contributed by atoms with Crippen molar-refractivity contribution < 1.29 is 9.59 Å². The van der Waals surface area contributed by atoms with Crippen molar-refractivity contribution in [3.63, 3.8) is 0 Å². The number of likely N-dealkylation sites (tertiary alicyclic amines) is 2. The van der Waals surface area contributed by atoms with Gasteiger partial charge in [-0.1, -0.05) is 0 Å². The van der Waals surface area contributed by atoms with Gasteiger partial charge in [0.05, 0.1) is 0 Å². The first-order chi connectivity index (χ1) is 7.68. The number of hydrogen-bond donors (Lipinski definition) is 1. The average molecular weight is 225 g/mol. The highest BCUT2D eigenvalue weighted by atomic mass is 16.2. The lowest BCUT2D eigenvalue weighted by Gasteiger charge is -2.40. The van der Waals surface area contributed by atoms with Crippen LogP contribution in [0.5, 0.6) is 0 Å². The largest absolute Gasteiger partial charge is 0.351 e. The van der Waals surface area contributed by atoms with Crippen LogP contribution in [0.2, 0.25) is 0 Å². The van der Waals surface area contributed by atoms with Crippen LogP contribution in [0.15, 0.2) is 0 Å². The summed E-state index contributed by atoms with van der Waals surface area (Å²) in [7, 11) is 0. The molecule has 0 saturated carbocycles. The summed E-state index contributed by atoms with van der Waals surface area (Å²) in [5.74, 6) is 0.238. The highest BCUT2D eigenvalue weighted by Crippen LogP contribution is 2.20. The SMILES string of the molecule is NC(=O)N1CCCC(N2CCCCC2=O)C1. The van der Waals surface area contributed by atoms with Crippen LogP contribution < -0.4 is 5.73 Å². The molecule has 3 amide bonds. The number of carbonyl (C=O) groups is 2. The van der Waals surface area contributed by atoms with Gasteiger partial charge < -0.3 is 15.5 Å². The van der Waals surface area contributed by atoms with Gasteiger partial charge in [0.2, 0.25) is 5.91 Å². The van der Waals surface area contributed by atoms with Crippen molar-refractivity contribution in [3.8, 4) is 0 Å². The van der Waals surface area contributed by atoms with E-state index in [1.54, 1.807) is 4.90 Å². The van der Waals surface area contributed by atoms with Gasteiger partial charge in [-0.05, 0) is 25.7 Å². The third kappa shape index (κ3) is 2.28. The molecule has 5 nitrogen and oxygen atoms in total. The number of piperidine rings is 2. The maximum Gasteiger partial charge on any atom is 0.314 e. The number of carbonyl (C=O) groups excluding carboxylic acids is 2. The van der Waals surface area contributed by atoms with Gasteiger partial charge >= 0.3 is 6.03 Å². The fraction of sp³-hybridized carbons (Fsp3) is 0.818. The predicted molar refractivity (Wildman–Crippen MR) is 59.7 cm³/mol. The molecule has 0 aliphatic carbocycles. The van der Waals surface area contributed by atoms with Gasteiger partial charge in [0, 0.05) is 32.1 Å². The molecule has 2 rings (SSSR count). The van der Waals surface area contributed by atoms with Crippen molar-refractivity contribution in [3.05, 3.63) is 0 Å². The normalized spacial score (nSPS) is 27.0. The minimum absolute atomic E-state index is 0.189. The minimum Gasteiger partial charge on any atom is -0.351 e. The second-order valence-corrected chi connectivity index (χ2v) is 4.62. The number of nitrogens with zero attached hydrogens (tertiary/aromatic N) is 2. The van der Waals surface area contributed by atoms with E-state index in [0.717, 1.165) is 38.8 Å². The lowest BCUT2D eigenvalue weighted by Crippen LogP contribution is -2.53. The Balaban J connectivity index is 1.97. The molecule has 90 valence electrons. The molecule has 0 aromatic heterocycles. The third-order valence-electron chi connectivity index (χ3n) is 3.51. The number of amides is 3. The fourth-order valence-electron chi connectivity index (χ4n) is 2.62. The van der Waals surface area contributed by atoms with Gasteiger partial charge in [-0.25, -0.2) is 4.79 Å². The third-order valence-corrected chi connectivity index (χ3v) is 3.51. The van der Waals surface area contributed by atoms with E-state index in [4.69, 9.17) is 5.73 Å². The van der Waals surface area contributed by atoms with Crippen molar-refractivity contribution in [1.82, 2.24) is 9.80 Å². The van der Waals surface area contributed by atoms with Crippen LogP contribution in [0.25, 0.3) is 0 Å². The summed E-state index contributed by atoms with van der Waals surface area (Å²) in [5, 5.41) is 0. The molecule has 0 aromatic carbocycles. The van der Waals surface area contributed by atoms with Crippen molar-refractivity contribution in [1.29, 1.82) is 0 Å². The molecule has 1 atom stereocenters. The van der Waals surface area contributed by atoms with Crippen LogP contribution in [-0.2, 0) is 4.79 Å². The Morgan fingerprint density at radius 1 is 1.25 bits per heavy atom. The first-order valence-corrected chi connectivity index (χ1v) is 6.02. The lowest BCUT2D eigenvalue weighted by molar-refractivity contribution is -0.136. The molecule has 5 heteroatoms. The van der Waals surface area contributed by atoms with E-state index in [-0.39, 0.29) is 18.0 Å². The molecule has 2 heterocycles. The molecule has 0 spiro atoms. The molecule has 2 saturated heterocycles. The van der Waals surface area contributed by atoms with Crippen LogP contribution >= 0.6 is 0 Å². The Morgan fingerprint density at radius 3 is 2.75 bits per heavy atom. The standard InChI is InChI=1S/C11H19N3O2/c12-11(16)13-6-3-4-9(8-13)14-7-2-1-5-10(14)15/h9H,1-8H2,(H2,12,16). The van der Waals surface area contributed by atoms with E-state index in [9.17, 15) is 9.59 Å². The molecule has 0 radical (unpaired) electrons. The first-order valence-electron chi connectivity index (χ1n) is 6.02. The zero-order valence-electron chi connectivity index (χ0n) is 9.52. The molecule has 2 aliphatic heterocycles. The minimum atomic E-state index is -0.367. The molecule has 2 aliphatic rings. The summed E-state index contributed by atoms with van der Waals surface area (Å²) in [5.41, 5.74) is 5.28. The summed E-state index contributed by atoms with van der Waals surface area (Å²) in [6, 6.07) is -0.178. The Hall–Kier alpha value is -1.26. The van der Waals surface area contributed by atoms with E-state index in [0.29, 0.717) is 13.0 Å². The summed E-state index contributed by atoms with van der Waals surface area (Å²) in [4.78, 5) is 26.5. The van der Waals surface area contributed by atoms with Crippen LogP contribution in [-0.4, -0.2) is 47.4 Å². The van der Waals surface area contributed by atoms with E-state index in [1.165, 1.54) is 0 Å². The van der Waals surface area contributed by atoms with Crippen LogP contribution in [0, 0.1) is 0 Å². The molecule has 0 aromatic rings. The number of urea groups is 1. The molecular formula is C11H19N3O2. The maximum atomic E-state index is 11.8. The van der Waals surface area contributed by atoms with E-state index in [2.05, 4.69) is 0 Å². The molecule has 2 N–H and O–H groups in total. The molecule has 16 heavy (non-hydrogen) atoms. The maximum absolute atomic E-state index is 11.8. The average Bonchev–Trinajstić information content (AvgIpc) is 2.30. The Bertz CT molecular complexity index is 293. The van der Waals surface area contributed by atoms with Gasteiger partial charge in [0.25, 0.3) is 0 Å². The summed E-state index contributed by atoms with van der Waals surface area (Å²) in [6.45, 7) is 2.19. The number of rotatable bonds is 1. The Kier molecular flexibility index (Phi) is 3.31. The van der Waals surface area contributed by atoms with Gasteiger partial charge in [0.15, 0.2) is 0 Å². The van der Waals surface area contributed by atoms with Crippen LogP contribution in [0.1, 0.15) is 32.1 Å². The van der Waals surface area contributed by atoms with E-state index in [1.807, 2.05) is 4.90 Å². The lowest BCUT2D eigenvalue weighted by atomic mass is 10.0. The van der Waals surface area contributed by atoms with Gasteiger partial charge in [-0.2, -0.15) is 0 Å². The van der Waals surface area contributed by atoms with E-state index >= 15 is 0 Å². The second-order valence-electron chi connectivity index (χ2n) is 4.62. The predicted octanol–water partition coefficient (Wildman–Crippen LogP) is 0.542. The van der Waals surface area contributed by atoms with Crippen LogP contribution in [0.4, 0.5) is 4.79 Å². The summed E-state index contributed by atoms with van der Waals surface area (Å²) < 4.78 is 0. The van der Waals surface area contributed by atoms with Crippen LogP contribution in [0.3, 0.4) is 0 Å². The number of nitrogens with two attached hydrogens (primary N) is 1. The van der Waals surface area contributed by atoms with Gasteiger partial charge in [-0.3, -0.25) is 4.79 Å². The fourth-order valence-corrected chi connectivity index (χ4v) is 2.62. The van der Waals surface area contributed by atoms with Crippen molar-refractivity contribution in [2.75, 3.05) is 19.6 Å². The highest BCUT2D eigenvalue weighted by molar-refractivity contribution is 5.77. The monoisotopic (exact) mass is 225 g/mol. The van der Waals surface area contributed by atoms with E-state index < -0.39 is 0 Å². The van der Waals surface area contributed by atoms with Crippen molar-refractivity contribution in [2.24, 2.45) is 5.73 Å². The number of hydrogen-bond acceptors (Lipinski definition) is 2. The van der Waals surface area contributed by atoms with Crippen molar-refractivity contribution in [2.45, 2.75) is 38.1 Å². The zero-order chi connectivity index (χ0) is 11.5. The highest BCUT2D eigenvalue weighted by Gasteiger charge is 2.30. The van der Waals surface area contributed by atoms with Crippen molar-refractivity contribution >= 4 is 11.9 Å². The van der Waals surface area contributed by atoms with Gasteiger partial charge in [-0.15, -0.1) is 0 Å². The molecule has 1 unspecified atom stereocenters. The van der Waals surface area contributed by atoms with Gasteiger partial charge in [0.1, 0.15) is 0 Å². The Morgan fingerprint density at radius 2 is 2.06 bits per heavy atom. The number of primary amides is 1.